The van der Waals surface area contributed by atoms with E-state index in [1.807, 2.05) is 0 Å². The zero-order valence-electron chi connectivity index (χ0n) is 9.14. The summed E-state index contributed by atoms with van der Waals surface area (Å²) in [6.07, 6.45) is 0. The molecule has 2 unspecified atom stereocenters. The summed E-state index contributed by atoms with van der Waals surface area (Å²) in [7, 11) is 0. The lowest BCUT2D eigenvalue weighted by atomic mass is 9.99. The highest BCUT2D eigenvalue weighted by atomic mass is 16.4. The fourth-order valence-electron chi connectivity index (χ4n) is 2.50. The third-order valence-electron chi connectivity index (χ3n) is 3.77. The third kappa shape index (κ3) is 0.894. The van der Waals surface area contributed by atoms with Gasteiger partial charge in [0.15, 0.2) is 0 Å². The number of aliphatic carboxylic acids is 1. The second-order valence-corrected chi connectivity index (χ2v) is 4.72. The summed E-state index contributed by atoms with van der Waals surface area (Å²) in [4.78, 5) is 11.1. The molecule has 0 aromatic heterocycles. The summed E-state index contributed by atoms with van der Waals surface area (Å²) in [5, 5.41) is 29.5. The van der Waals surface area contributed by atoms with E-state index in [1.165, 1.54) is 13.8 Å². The van der Waals surface area contributed by atoms with E-state index in [-0.39, 0.29) is 0 Å². The first-order chi connectivity index (χ1) is 7.30. The van der Waals surface area contributed by atoms with Crippen molar-refractivity contribution in [2.45, 2.75) is 25.0 Å². The summed E-state index contributed by atoms with van der Waals surface area (Å²) in [5.41, 5.74) is -4.54. The second-order valence-electron chi connectivity index (χ2n) is 4.72. The van der Waals surface area contributed by atoms with Gasteiger partial charge in [0, 0.05) is 5.41 Å². The zero-order valence-corrected chi connectivity index (χ0v) is 9.14. The Bertz CT molecular complexity index is 440. The molecule has 0 amide bonds. The maximum Gasteiger partial charge on any atom is 0.339 e. The third-order valence-corrected chi connectivity index (χ3v) is 3.77. The summed E-state index contributed by atoms with van der Waals surface area (Å²) < 4.78 is 0. The van der Waals surface area contributed by atoms with Crippen LogP contribution in [0.25, 0.3) is 0 Å². The summed E-state index contributed by atoms with van der Waals surface area (Å²) in [6, 6.07) is 8.39. The van der Waals surface area contributed by atoms with E-state index in [1.54, 1.807) is 30.3 Å². The van der Waals surface area contributed by atoms with Gasteiger partial charge in [-0.15, -0.1) is 0 Å². The molecule has 0 spiro atoms. The summed E-state index contributed by atoms with van der Waals surface area (Å²) >= 11 is 0. The van der Waals surface area contributed by atoms with Crippen LogP contribution in [0.2, 0.25) is 0 Å². The number of hydrogen-bond acceptors (Lipinski definition) is 3. The molecule has 0 bridgehead atoms. The van der Waals surface area contributed by atoms with Gasteiger partial charge in [0.1, 0.15) is 5.60 Å². The average molecular weight is 222 g/mol. The molecule has 86 valence electrons. The fraction of sp³-hybridized carbons (Fsp3) is 0.417. The molecule has 1 aliphatic rings. The van der Waals surface area contributed by atoms with Gasteiger partial charge in [0.2, 0.25) is 5.60 Å². The van der Waals surface area contributed by atoms with Gasteiger partial charge in [0.25, 0.3) is 0 Å². The predicted molar refractivity (Wildman–Crippen MR) is 56.7 cm³/mol. The number of hydrogen-bond donors (Lipinski definition) is 3. The Morgan fingerprint density at radius 3 is 2.00 bits per heavy atom. The number of carboxylic acids is 1. The minimum Gasteiger partial charge on any atom is -0.479 e. The molecule has 1 saturated carbocycles. The van der Waals surface area contributed by atoms with Crippen LogP contribution < -0.4 is 0 Å². The van der Waals surface area contributed by atoms with Crippen molar-refractivity contribution in [1.82, 2.24) is 0 Å². The van der Waals surface area contributed by atoms with E-state index in [9.17, 15) is 15.0 Å². The number of benzene rings is 1. The lowest BCUT2D eigenvalue weighted by molar-refractivity contribution is -0.155. The highest BCUT2D eigenvalue weighted by molar-refractivity contribution is 5.87. The molecule has 0 saturated heterocycles. The highest BCUT2D eigenvalue weighted by Crippen LogP contribution is 2.70. The maximum atomic E-state index is 11.1. The Labute approximate surface area is 93.2 Å². The molecule has 16 heavy (non-hydrogen) atoms. The van der Waals surface area contributed by atoms with Crippen LogP contribution in [-0.2, 0) is 10.4 Å². The van der Waals surface area contributed by atoms with Crippen molar-refractivity contribution in [1.29, 1.82) is 0 Å². The predicted octanol–water partition coefficient (Wildman–Crippen LogP) is 0.730. The van der Waals surface area contributed by atoms with Gasteiger partial charge >= 0.3 is 5.97 Å². The van der Waals surface area contributed by atoms with Crippen LogP contribution >= 0.6 is 0 Å². The molecule has 2 rings (SSSR count). The minimum absolute atomic E-state index is 0.421. The Balaban J connectivity index is 2.55. The van der Waals surface area contributed by atoms with Gasteiger partial charge in [-0.25, -0.2) is 4.79 Å². The lowest BCUT2D eigenvalue weighted by Crippen LogP contribution is -2.32. The largest absolute Gasteiger partial charge is 0.479 e. The molecule has 1 aliphatic carbocycles. The number of aliphatic hydroxyl groups is 2. The SMILES string of the molecule is CC1(C)C(O)(C(=O)O)C1(O)c1ccccc1. The van der Waals surface area contributed by atoms with Crippen molar-refractivity contribution in [3.63, 3.8) is 0 Å². The average Bonchev–Trinajstić information content (AvgIpc) is 2.62. The molecular weight excluding hydrogens is 208 g/mol. The van der Waals surface area contributed by atoms with Gasteiger partial charge in [-0.1, -0.05) is 44.2 Å². The van der Waals surface area contributed by atoms with Crippen LogP contribution in [0.4, 0.5) is 0 Å². The summed E-state index contributed by atoms with van der Waals surface area (Å²) in [6.45, 7) is 3.07. The van der Waals surface area contributed by atoms with Gasteiger partial charge < -0.3 is 15.3 Å². The summed E-state index contributed by atoms with van der Waals surface area (Å²) in [5.74, 6) is -1.40. The zero-order chi connectivity index (χ0) is 12.2. The van der Waals surface area contributed by atoms with E-state index in [0.29, 0.717) is 5.56 Å². The monoisotopic (exact) mass is 222 g/mol. The first-order valence-electron chi connectivity index (χ1n) is 5.04. The molecule has 0 radical (unpaired) electrons. The van der Waals surface area contributed by atoms with Crippen LogP contribution in [0.15, 0.2) is 30.3 Å². The topological polar surface area (TPSA) is 77.8 Å². The van der Waals surface area contributed by atoms with Crippen LogP contribution in [0.5, 0.6) is 0 Å². The van der Waals surface area contributed by atoms with Gasteiger partial charge in [-0.3, -0.25) is 0 Å². The number of rotatable bonds is 2. The Hall–Kier alpha value is -1.39. The molecule has 4 nitrogen and oxygen atoms in total. The van der Waals surface area contributed by atoms with E-state index >= 15 is 0 Å². The first-order valence-corrected chi connectivity index (χ1v) is 5.04. The van der Waals surface area contributed by atoms with E-state index < -0.39 is 22.6 Å². The van der Waals surface area contributed by atoms with Crippen LogP contribution in [0, 0.1) is 5.41 Å². The fourth-order valence-corrected chi connectivity index (χ4v) is 2.50. The van der Waals surface area contributed by atoms with Crippen LogP contribution in [0.3, 0.4) is 0 Å². The Morgan fingerprint density at radius 1 is 1.12 bits per heavy atom. The molecule has 1 aromatic carbocycles. The smallest absolute Gasteiger partial charge is 0.339 e. The Morgan fingerprint density at radius 2 is 1.62 bits per heavy atom. The van der Waals surface area contributed by atoms with Crippen LogP contribution in [-0.4, -0.2) is 26.9 Å². The first kappa shape index (κ1) is 11.1. The molecule has 2 atom stereocenters. The van der Waals surface area contributed by atoms with Crippen molar-refractivity contribution in [3.8, 4) is 0 Å². The minimum atomic E-state index is -2.12. The second kappa shape index (κ2) is 2.84. The molecular formula is C12H14O4. The van der Waals surface area contributed by atoms with Crippen molar-refractivity contribution in [3.05, 3.63) is 35.9 Å². The molecule has 0 aliphatic heterocycles. The van der Waals surface area contributed by atoms with E-state index in [2.05, 4.69) is 0 Å². The molecule has 4 heteroatoms. The quantitative estimate of drug-likeness (QED) is 0.689. The van der Waals surface area contributed by atoms with E-state index in [4.69, 9.17) is 5.11 Å². The van der Waals surface area contributed by atoms with Gasteiger partial charge in [-0.05, 0) is 5.56 Å². The molecule has 3 N–H and O–H groups in total. The molecule has 1 aromatic rings. The normalized spacial score (nSPS) is 35.8. The molecule has 0 heterocycles. The number of carboxylic acid groups (broad SMARTS) is 1. The van der Waals surface area contributed by atoms with Gasteiger partial charge in [-0.2, -0.15) is 0 Å². The van der Waals surface area contributed by atoms with Crippen molar-refractivity contribution in [2.75, 3.05) is 0 Å². The van der Waals surface area contributed by atoms with Crippen molar-refractivity contribution in [2.24, 2.45) is 5.41 Å². The maximum absolute atomic E-state index is 11.1. The lowest BCUT2D eigenvalue weighted by Gasteiger charge is -2.13. The van der Waals surface area contributed by atoms with Gasteiger partial charge in [0.05, 0.1) is 0 Å². The van der Waals surface area contributed by atoms with Crippen molar-refractivity contribution < 1.29 is 20.1 Å². The highest BCUT2D eigenvalue weighted by Gasteiger charge is 2.87. The number of carbonyl (C=O) groups is 1. The van der Waals surface area contributed by atoms with Crippen LogP contribution in [0.1, 0.15) is 19.4 Å². The standard InChI is InChI=1S/C12H14O4/c1-10(2)11(15,12(10,16)9(13)14)8-6-4-3-5-7-8/h3-7,15-16H,1-2H3,(H,13,14). The Kier molecular flexibility index (Phi) is 1.97. The van der Waals surface area contributed by atoms with E-state index in [0.717, 1.165) is 0 Å². The molecule has 1 fully saturated rings. The van der Waals surface area contributed by atoms with Crippen molar-refractivity contribution >= 4 is 5.97 Å².